The van der Waals surface area contributed by atoms with Crippen molar-refractivity contribution < 1.29 is 18.0 Å². The van der Waals surface area contributed by atoms with Gasteiger partial charge in [0.25, 0.3) is 0 Å². The minimum atomic E-state index is -4.50. The summed E-state index contributed by atoms with van der Waals surface area (Å²) < 4.78 is 38.9. The Labute approximate surface area is 142 Å². The quantitative estimate of drug-likeness (QED) is 0.829. The minimum absolute atomic E-state index is 0.219. The Bertz CT molecular complexity index is 686. The first-order chi connectivity index (χ1) is 11.4. The first-order valence-corrected chi connectivity index (χ1v) is 8.34. The van der Waals surface area contributed by atoms with Crippen LogP contribution in [0, 0.1) is 5.92 Å². The summed E-state index contributed by atoms with van der Waals surface area (Å²) in [6.45, 7) is 3.03. The van der Waals surface area contributed by atoms with Gasteiger partial charge in [0.2, 0.25) is 0 Å². The third-order valence-corrected chi connectivity index (χ3v) is 5.51. The summed E-state index contributed by atoms with van der Waals surface area (Å²) in [6.07, 6.45) is -1.72. The molecular weight excluding hydrogens is 343 g/mol. The van der Waals surface area contributed by atoms with E-state index in [1.54, 1.807) is 0 Å². The number of rotatable bonds is 1. The Balaban J connectivity index is 1.57. The van der Waals surface area contributed by atoms with Gasteiger partial charge in [0.1, 0.15) is 11.4 Å². The van der Waals surface area contributed by atoms with Gasteiger partial charge in [-0.1, -0.05) is 11.6 Å². The van der Waals surface area contributed by atoms with Crippen molar-refractivity contribution in [1.82, 2.24) is 10.4 Å². The number of halogens is 4. The fraction of sp³-hybridized carbons (Fsp3) is 0.562. The molecule has 1 spiro atoms. The molecule has 1 N–H and O–H groups in total. The van der Waals surface area contributed by atoms with E-state index >= 15 is 0 Å². The summed E-state index contributed by atoms with van der Waals surface area (Å²) >= 11 is 5.64. The van der Waals surface area contributed by atoms with Gasteiger partial charge in [-0.2, -0.15) is 13.2 Å². The van der Waals surface area contributed by atoms with E-state index in [4.69, 9.17) is 16.4 Å². The predicted octanol–water partition coefficient (Wildman–Crippen LogP) is 3.78. The number of fused-ring (bicyclic) bond motifs is 2. The molecule has 5 rings (SSSR count). The Hall–Kier alpha value is -1.31. The summed E-state index contributed by atoms with van der Waals surface area (Å²) in [4.78, 5) is 12.5. The van der Waals surface area contributed by atoms with Crippen molar-refractivity contribution in [3.63, 3.8) is 0 Å². The third kappa shape index (κ3) is 2.78. The average molecular weight is 360 g/mol. The van der Waals surface area contributed by atoms with Crippen LogP contribution in [0.1, 0.15) is 24.8 Å². The Morgan fingerprint density at radius 1 is 1.29 bits per heavy atom. The number of alkyl halides is 3. The number of benzene rings is 1. The van der Waals surface area contributed by atoms with E-state index in [1.165, 1.54) is 12.1 Å². The van der Waals surface area contributed by atoms with Crippen molar-refractivity contribution in [2.75, 3.05) is 19.6 Å². The van der Waals surface area contributed by atoms with Gasteiger partial charge in [0, 0.05) is 13.0 Å². The highest BCUT2D eigenvalue weighted by Gasteiger charge is 2.52. The maximum atomic E-state index is 13.0. The molecule has 0 aromatic heterocycles. The van der Waals surface area contributed by atoms with E-state index in [-0.39, 0.29) is 16.3 Å². The Morgan fingerprint density at radius 2 is 2.04 bits per heavy atom. The summed E-state index contributed by atoms with van der Waals surface area (Å²) in [7, 11) is 0. The maximum Gasteiger partial charge on any atom is 0.417 e. The third-order valence-electron chi connectivity index (χ3n) is 5.18. The largest absolute Gasteiger partial charge is 0.417 e. The number of aliphatic imine (C=N–C) groups is 1. The van der Waals surface area contributed by atoms with Crippen LogP contribution in [0.3, 0.4) is 0 Å². The second-order valence-corrected chi connectivity index (χ2v) is 7.12. The highest BCUT2D eigenvalue weighted by molar-refractivity contribution is 6.31. The zero-order chi connectivity index (χ0) is 16.9. The summed E-state index contributed by atoms with van der Waals surface area (Å²) in [5.41, 5.74) is 1.88. The zero-order valence-corrected chi connectivity index (χ0v) is 13.6. The highest BCUT2D eigenvalue weighted by Crippen LogP contribution is 2.43. The van der Waals surface area contributed by atoms with Gasteiger partial charge in [-0.05, 0) is 50.0 Å². The molecule has 4 saturated heterocycles. The van der Waals surface area contributed by atoms with Crippen LogP contribution in [-0.4, -0.2) is 36.0 Å². The number of piperidine rings is 3. The summed E-state index contributed by atoms with van der Waals surface area (Å²) in [6, 6.07) is 3.68. The lowest BCUT2D eigenvalue weighted by atomic mass is 9.74. The van der Waals surface area contributed by atoms with Crippen LogP contribution in [0.5, 0.6) is 0 Å². The second-order valence-electron chi connectivity index (χ2n) is 6.72. The van der Waals surface area contributed by atoms with Crippen molar-refractivity contribution in [3.05, 3.63) is 28.8 Å². The first-order valence-electron chi connectivity index (χ1n) is 7.96. The van der Waals surface area contributed by atoms with Crippen LogP contribution in [0.4, 0.5) is 18.9 Å². The van der Waals surface area contributed by atoms with Crippen LogP contribution in [0.25, 0.3) is 0 Å². The standard InChI is InChI=1S/C16H17ClF3N3O/c17-13-2-1-11(7-12(13)16(18,19)20)21-14-8-15(24-22-14)9-23-5-3-10(15)4-6-23/h1-2,7,10H,3-6,8-9H2,(H,21,22). The van der Waals surface area contributed by atoms with Gasteiger partial charge in [0.15, 0.2) is 0 Å². The number of hydroxylamine groups is 1. The van der Waals surface area contributed by atoms with Crippen LogP contribution in [-0.2, 0) is 11.0 Å². The molecule has 8 heteroatoms. The molecule has 1 aromatic rings. The summed E-state index contributed by atoms with van der Waals surface area (Å²) in [5, 5.41) is -0.323. The van der Waals surface area contributed by atoms with Gasteiger partial charge < -0.3 is 4.90 Å². The molecule has 4 aliphatic heterocycles. The van der Waals surface area contributed by atoms with E-state index in [0.717, 1.165) is 38.5 Å². The number of amidine groups is 1. The lowest BCUT2D eigenvalue weighted by molar-refractivity contribution is -0.150. The number of nitrogens with one attached hydrogen (secondary N) is 1. The van der Waals surface area contributed by atoms with E-state index < -0.39 is 11.7 Å². The van der Waals surface area contributed by atoms with E-state index in [0.29, 0.717) is 18.2 Å². The molecule has 4 nitrogen and oxygen atoms in total. The average Bonchev–Trinajstić information content (AvgIpc) is 2.91. The van der Waals surface area contributed by atoms with Crippen LogP contribution in [0.15, 0.2) is 23.2 Å². The molecule has 24 heavy (non-hydrogen) atoms. The molecule has 0 aliphatic carbocycles. The van der Waals surface area contributed by atoms with Crippen LogP contribution in [0.2, 0.25) is 5.02 Å². The van der Waals surface area contributed by atoms with Gasteiger partial charge >= 0.3 is 6.18 Å². The predicted molar refractivity (Wildman–Crippen MR) is 84.3 cm³/mol. The fourth-order valence-electron chi connectivity index (χ4n) is 3.97. The maximum absolute atomic E-state index is 13.0. The zero-order valence-electron chi connectivity index (χ0n) is 12.9. The molecule has 1 atom stereocenters. The minimum Gasteiger partial charge on any atom is -0.300 e. The molecular formula is C16H17ClF3N3O. The molecule has 0 amide bonds. The smallest absolute Gasteiger partial charge is 0.300 e. The molecule has 1 unspecified atom stereocenters. The van der Waals surface area contributed by atoms with Crippen molar-refractivity contribution in [3.8, 4) is 0 Å². The highest BCUT2D eigenvalue weighted by atomic mass is 35.5. The monoisotopic (exact) mass is 359 g/mol. The summed E-state index contributed by atoms with van der Waals surface area (Å²) in [5.74, 6) is 1.04. The van der Waals surface area contributed by atoms with Crippen molar-refractivity contribution >= 4 is 23.1 Å². The molecule has 4 heterocycles. The number of nitrogens with zero attached hydrogens (tertiary/aromatic N) is 2. The molecule has 0 saturated carbocycles. The molecule has 0 radical (unpaired) electrons. The SMILES string of the molecule is FC(F)(F)c1cc(N=C2CC3(CN4CCC3CC4)ON2)ccc1Cl. The van der Waals surface area contributed by atoms with Crippen LogP contribution >= 0.6 is 11.6 Å². The first kappa shape index (κ1) is 16.2. The normalized spacial score (nSPS) is 34.1. The molecule has 4 fully saturated rings. The molecule has 4 aliphatic rings. The van der Waals surface area contributed by atoms with Gasteiger partial charge in [-0.15, -0.1) is 0 Å². The Kier molecular flexibility index (Phi) is 3.78. The second kappa shape index (κ2) is 5.61. The number of hydrogen-bond donors (Lipinski definition) is 1. The number of hydrogen-bond acceptors (Lipinski definition) is 3. The molecule has 130 valence electrons. The molecule has 2 bridgehead atoms. The van der Waals surface area contributed by atoms with Gasteiger partial charge in [-0.3, -0.25) is 10.3 Å². The topological polar surface area (TPSA) is 36.9 Å². The van der Waals surface area contributed by atoms with Crippen molar-refractivity contribution in [2.45, 2.75) is 31.0 Å². The Morgan fingerprint density at radius 3 is 2.67 bits per heavy atom. The van der Waals surface area contributed by atoms with E-state index in [9.17, 15) is 13.2 Å². The lowest BCUT2D eigenvalue weighted by Crippen LogP contribution is -2.59. The molecule has 1 aromatic carbocycles. The van der Waals surface area contributed by atoms with Crippen LogP contribution < -0.4 is 5.48 Å². The van der Waals surface area contributed by atoms with E-state index in [2.05, 4.69) is 15.4 Å². The van der Waals surface area contributed by atoms with Gasteiger partial charge in [0.05, 0.1) is 16.3 Å². The van der Waals surface area contributed by atoms with Crippen molar-refractivity contribution in [1.29, 1.82) is 0 Å². The van der Waals surface area contributed by atoms with Crippen molar-refractivity contribution in [2.24, 2.45) is 10.9 Å². The lowest BCUT2D eigenvalue weighted by Gasteiger charge is -2.49. The van der Waals surface area contributed by atoms with Gasteiger partial charge in [-0.25, -0.2) is 4.99 Å². The fourth-order valence-corrected chi connectivity index (χ4v) is 4.20. The van der Waals surface area contributed by atoms with E-state index in [1.807, 2.05) is 0 Å².